The Morgan fingerprint density at radius 3 is 1.93 bits per heavy atom. The van der Waals surface area contributed by atoms with E-state index < -0.39 is 5.41 Å². The quantitative estimate of drug-likeness (QED) is 0.209. The van der Waals surface area contributed by atoms with E-state index in [2.05, 4.69) is 139 Å². The molecule has 4 nitrogen and oxygen atoms in total. The van der Waals surface area contributed by atoms with E-state index in [9.17, 15) is 0 Å². The maximum Gasteiger partial charge on any atom is 0.145 e. The van der Waals surface area contributed by atoms with Crippen LogP contribution in [0.5, 0.6) is 11.5 Å². The topological polar surface area (TPSA) is 39.9 Å². The molecule has 0 radical (unpaired) electrons. The molecule has 3 heterocycles. The average Bonchev–Trinajstić information content (AvgIpc) is 3.67. The molecule has 45 heavy (non-hydrogen) atoms. The highest BCUT2D eigenvalue weighted by molar-refractivity contribution is 5.90. The molecule has 0 atom stereocenters. The van der Waals surface area contributed by atoms with Crippen LogP contribution in [0, 0.1) is 13.8 Å². The average molecular weight is 580 g/mol. The van der Waals surface area contributed by atoms with Gasteiger partial charge in [-0.25, -0.2) is 9.97 Å². The van der Waals surface area contributed by atoms with Crippen molar-refractivity contribution < 1.29 is 4.74 Å². The number of hydrogen-bond acceptors (Lipinski definition) is 3. The number of ether oxygens (including phenoxy) is 1. The number of fused-ring (bicyclic) bond motifs is 9. The van der Waals surface area contributed by atoms with Gasteiger partial charge < -0.3 is 4.74 Å². The van der Waals surface area contributed by atoms with Crippen LogP contribution in [-0.2, 0) is 5.41 Å². The van der Waals surface area contributed by atoms with E-state index in [1.165, 1.54) is 44.5 Å². The zero-order chi connectivity index (χ0) is 30.1. The largest absolute Gasteiger partial charge is 0.457 e. The third kappa shape index (κ3) is 3.72. The summed E-state index contributed by atoms with van der Waals surface area (Å²) in [6, 6.07) is 45.7. The van der Waals surface area contributed by atoms with Crippen LogP contribution < -0.4 is 4.74 Å². The van der Waals surface area contributed by atoms with Gasteiger partial charge in [-0.3, -0.25) is 4.57 Å². The van der Waals surface area contributed by atoms with Crippen LogP contribution in [0.4, 0.5) is 0 Å². The summed E-state index contributed by atoms with van der Waals surface area (Å²) in [5.41, 5.74) is 12.5. The van der Waals surface area contributed by atoms with Gasteiger partial charge in [-0.1, -0.05) is 97.1 Å². The van der Waals surface area contributed by atoms with E-state index in [-0.39, 0.29) is 0 Å². The van der Waals surface area contributed by atoms with Gasteiger partial charge in [0, 0.05) is 34.8 Å². The van der Waals surface area contributed by atoms with Gasteiger partial charge in [0.1, 0.15) is 23.1 Å². The number of para-hydroxylation sites is 2. The Kier molecular flexibility index (Phi) is 5.51. The Hall–Kier alpha value is -5.74. The fourth-order valence-corrected chi connectivity index (χ4v) is 7.49. The fourth-order valence-electron chi connectivity index (χ4n) is 7.49. The van der Waals surface area contributed by atoms with Crippen molar-refractivity contribution in [3.8, 4) is 51.0 Å². The molecule has 9 rings (SSSR count). The third-order valence-corrected chi connectivity index (χ3v) is 9.30. The summed E-state index contributed by atoms with van der Waals surface area (Å²) in [7, 11) is 0. The summed E-state index contributed by atoms with van der Waals surface area (Å²) < 4.78 is 8.56. The molecule has 4 heteroatoms. The molecule has 0 unspecified atom stereocenters. The lowest BCUT2D eigenvalue weighted by Gasteiger charge is -2.39. The van der Waals surface area contributed by atoms with Gasteiger partial charge in [0.2, 0.25) is 0 Å². The van der Waals surface area contributed by atoms with Crippen molar-refractivity contribution in [1.82, 2.24) is 14.5 Å². The molecule has 2 aromatic heterocycles. The van der Waals surface area contributed by atoms with Crippen LogP contribution in [0.3, 0.4) is 0 Å². The molecule has 7 aromatic rings. The van der Waals surface area contributed by atoms with Crippen molar-refractivity contribution in [2.75, 3.05) is 0 Å². The Morgan fingerprint density at radius 2 is 1.20 bits per heavy atom. The summed E-state index contributed by atoms with van der Waals surface area (Å²) in [6.45, 7) is 4.12. The first-order valence-electron chi connectivity index (χ1n) is 15.3. The Balaban J connectivity index is 1.19. The number of rotatable bonds is 3. The maximum absolute atomic E-state index is 6.50. The molecule has 1 spiro atoms. The maximum atomic E-state index is 6.50. The Labute approximate surface area is 262 Å². The Bertz CT molecular complexity index is 2210. The summed E-state index contributed by atoms with van der Waals surface area (Å²) >= 11 is 0. The fraction of sp³-hybridized carbons (Fsp3) is 0.0732. The third-order valence-electron chi connectivity index (χ3n) is 9.30. The van der Waals surface area contributed by atoms with E-state index in [1.807, 2.05) is 19.3 Å². The summed E-state index contributed by atoms with van der Waals surface area (Å²) in [6.07, 6.45) is 3.81. The number of imidazole rings is 1. The second-order valence-electron chi connectivity index (χ2n) is 12.0. The number of nitrogens with zero attached hydrogens (tertiary/aromatic N) is 3. The first-order chi connectivity index (χ1) is 22.1. The van der Waals surface area contributed by atoms with Crippen LogP contribution in [0.2, 0.25) is 0 Å². The molecule has 1 aliphatic carbocycles. The zero-order valence-electron chi connectivity index (χ0n) is 25.0. The Morgan fingerprint density at radius 1 is 0.578 bits per heavy atom. The molecule has 2 aliphatic rings. The summed E-state index contributed by atoms with van der Waals surface area (Å²) in [4.78, 5) is 9.47. The van der Waals surface area contributed by atoms with Crippen LogP contribution in [0.25, 0.3) is 39.5 Å². The smallest absolute Gasteiger partial charge is 0.145 e. The number of aryl methyl sites for hydroxylation is 2. The molecule has 0 fully saturated rings. The number of hydrogen-bond donors (Lipinski definition) is 0. The van der Waals surface area contributed by atoms with Crippen molar-refractivity contribution in [1.29, 1.82) is 0 Å². The minimum Gasteiger partial charge on any atom is -0.457 e. The molecule has 0 saturated carbocycles. The van der Waals surface area contributed by atoms with Crippen molar-refractivity contribution in [2.45, 2.75) is 19.3 Å². The molecule has 0 saturated heterocycles. The van der Waals surface area contributed by atoms with Crippen molar-refractivity contribution in [3.63, 3.8) is 0 Å². The van der Waals surface area contributed by atoms with Crippen LogP contribution in [0.1, 0.15) is 33.5 Å². The first kappa shape index (κ1) is 25.7. The first-order valence-corrected chi connectivity index (χ1v) is 15.3. The van der Waals surface area contributed by atoms with Gasteiger partial charge >= 0.3 is 0 Å². The van der Waals surface area contributed by atoms with E-state index in [1.54, 1.807) is 0 Å². The van der Waals surface area contributed by atoms with Gasteiger partial charge in [-0.2, -0.15) is 0 Å². The van der Waals surface area contributed by atoms with Crippen molar-refractivity contribution in [3.05, 3.63) is 173 Å². The van der Waals surface area contributed by atoms with Gasteiger partial charge in [0.15, 0.2) is 0 Å². The summed E-state index contributed by atoms with van der Waals surface area (Å²) in [5.74, 6) is 3.56. The van der Waals surface area contributed by atoms with Gasteiger partial charge in [0.05, 0.1) is 5.41 Å². The van der Waals surface area contributed by atoms with Gasteiger partial charge in [0.25, 0.3) is 0 Å². The second-order valence-corrected chi connectivity index (χ2v) is 12.0. The van der Waals surface area contributed by atoms with Crippen molar-refractivity contribution >= 4 is 0 Å². The molecular weight excluding hydrogens is 550 g/mol. The highest BCUT2D eigenvalue weighted by Gasteiger charge is 2.50. The molecule has 214 valence electrons. The molecular formula is C41H29N3O. The van der Waals surface area contributed by atoms with E-state index in [0.29, 0.717) is 0 Å². The SMILES string of the molecule is Cc1cc(C)nc(-n2ccnc2-c2ccc(-c3ccc4c(c3)C3(c5ccccc5Oc5ccccc53)c3ccccc3-4)cc2)c1. The van der Waals surface area contributed by atoms with Gasteiger partial charge in [-0.05, 0) is 83.1 Å². The number of pyridine rings is 1. The standard InChI is InChI=1S/C41H29N3O/c1-26-23-27(2)43-39(24-26)44-22-21-42-40(44)29-17-15-28(16-18-29)30-19-20-32-31-9-3-4-10-33(31)41(36(32)25-30)34-11-5-7-13-37(34)45-38-14-8-6-12-35(38)41/h3-25H,1-2H3. The van der Waals surface area contributed by atoms with Crippen LogP contribution >= 0.6 is 0 Å². The lowest BCUT2D eigenvalue weighted by atomic mass is 9.66. The van der Waals surface area contributed by atoms with Crippen LogP contribution in [0.15, 0.2) is 140 Å². The van der Waals surface area contributed by atoms with E-state index >= 15 is 0 Å². The molecule has 1 aliphatic heterocycles. The lowest BCUT2D eigenvalue weighted by molar-refractivity contribution is 0.436. The minimum absolute atomic E-state index is 0.475. The van der Waals surface area contributed by atoms with E-state index in [0.717, 1.165) is 40.0 Å². The van der Waals surface area contributed by atoms with Gasteiger partial charge in [-0.15, -0.1) is 0 Å². The minimum atomic E-state index is -0.475. The highest BCUT2D eigenvalue weighted by atomic mass is 16.5. The van der Waals surface area contributed by atoms with E-state index in [4.69, 9.17) is 14.7 Å². The van der Waals surface area contributed by atoms with Crippen molar-refractivity contribution in [2.24, 2.45) is 0 Å². The number of benzene rings is 5. The molecule has 5 aromatic carbocycles. The van der Waals surface area contributed by atoms with Crippen LogP contribution in [-0.4, -0.2) is 14.5 Å². The predicted molar refractivity (Wildman–Crippen MR) is 179 cm³/mol. The molecule has 0 bridgehead atoms. The highest BCUT2D eigenvalue weighted by Crippen LogP contribution is 2.62. The lowest BCUT2D eigenvalue weighted by Crippen LogP contribution is -2.32. The molecule has 0 N–H and O–H groups in total. The number of aromatic nitrogens is 3. The normalized spacial score (nSPS) is 13.5. The monoisotopic (exact) mass is 579 g/mol. The second kappa shape index (κ2) is 9.63. The predicted octanol–water partition coefficient (Wildman–Crippen LogP) is 9.69. The molecule has 0 amide bonds. The zero-order valence-corrected chi connectivity index (χ0v) is 25.0. The summed E-state index contributed by atoms with van der Waals surface area (Å²) in [5, 5.41) is 0.